The summed E-state index contributed by atoms with van der Waals surface area (Å²) >= 11 is 3.28. The first-order valence-electron chi connectivity index (χ1n) is 8.56. The Bertz CT molecular complexity index is 943. The number of ether oxygens (including phenoxy) is 2. The van der Waals surface area contributed by atoms with E-state index in [2.05, 4.69) is 26.6 Å². The predicted octanol–water partition coefficient (Wildman–Crippen LogP) is 3.49. The first kappa shape index (κ1) is 19.8. The second-order valence-corrected chi connectivity index (χ2v) is 6.81. The molecule has 0 saturated heterocycles. The van der Waals surface area contributed by atoms with Crippen molar-refractivity contribution >= 4 is 33.6 Å². The molecule has 2 amide bonds. The fraction of sp³-hybridized carbons (Fsp3) is 0.200. The fourth-order valence-corrected chi connectivity index (χ4v) is 3.45. The molecule has 146 valence electrons. The Morgan fingerprint density at radius 3 is 2.61 bits per heavy atom. The van der Waals surface area contributed by atoms with Gasteiger partial charge >= 0.3 is 12.0 Å². The fourth-order valence-electron chi connectivity index (χ4n) is 2.99. The summed E-state index contributed by atoms with van der Waals surface area (Å²) in [6.45, 7) is 1.90. The molecular weight excluding hydrogens is 428 g/mol. The van der Waals surface area contributed by atoms with Crippen molar-refractivity contribution in [1.29, 1.82) is 0 Å². The number of amides is 2. The Kier molecular flexibility index (Phi) is 5.89. The molecule has 1 unspecified atom stereocenters. The minimum absolute atomic E-state index is 0.0727. The molecule has 0 aromatic heterocycles. The number of hydrogen-bond donors (Lipinski definition) is 3. The van der Waals surface area contributed by atoms with E-state index >= 15 is 0 Å². The van der Waals surface area contributed by atoms with Crippen LogP contribution in [0.2, 0.25) is 0 Å². The number of nitrogens with one attached hydrogen (secondary N) is 2. The van der Waals surface area contributed by atoms with Crippen LogP contribution in [0, 0.1) is 0 Å². The Hall–Kier alpha value is -3.00. The van der Waals surface area contributed by atoms with E-state index in [1.807, 2.05) is 18.2 Å². The number of aromatic hydroxyl groups is 1. The quantitative estimate of drug-likeness (QED) is 0.610. The van der Waals surface area contributed by atoms with Crippen LogP contribution in [0.25, 0.3) is 5.70 Å². The van der Waals surface area contributed by atoms with E-state index in [1.54, 1.807) is 31.2 Å². The Morgan fingerprint density at radius 2 is 1.96 bits per heavy atom. The summed E-state index contributed by atoms with van der Waals surface area (Å²) in [5.41, 5.74) is 1.85. The number of carbonyl (C=O) groups is 2. The van der Waals surface area contributed by atoms with Gasteiger partial charge in [0.2, 0.25) is 0 Å². The van der Waals surface area contributed by atoms with Crippen molar-refractivity contribution < 1.29 is 24.2 Å². The molecule has 0 radical (unpaired) electrons. The van der Waals surface area contributed by atoms with Crippen LogP contribution in [-0.2, 0) is 9.53 Å². The SMILES string of the molecule is CCOC(=O)C1=C(c2ccccc2)NC(=O)NC1c1cc(Br)c(O)c(OC)c1. The van der Waals surface area contributed by atoms with Gasteiger partial charge < -0.3 is 25.2 Å². The first-order valence-corrected chi connectivity index (χ1v) is 9.36. The maximum atomic E-state index is 12.8. The van der Waals surface area contributed by atoms with Gasteiger partial charge in [0.15, 0.2) is 11.5 Å². The first-order chi connectivity index (χ1) is 13.5. The molecular formula is C20H19BrN2O5. The van der Waals surface area contributed by atoms with Crippen molar-refractivity contribution in [1.82, 2.24) is 10.6 Å². The van der Waals surface area contributed by atoms with Crippen molar-refractivity contribution in [2.45, 2.75) is 13.0 Å². The number of carbonyl (C=O) groups excluding carboxylic acids is 2. The maximum absolute atomic E-state index is 12.8. The second kappa shape index (κ2) is 8.35. The summed E-state index contributed by atoms with van der Waals surface area (Å²) in [4.78, 5) is 25.2. The van der Waals surface area contributed by atoms with Gasteiger partial charge in [0, 0.05) is 0 Å². The van der Waals surface area contributed by atoms with E-state index in [9.17, 15) is 14.7 Å². The van der Waals surface area contributed by atoms with Gasteiger partial charge in [0.25, 0.3) is 0 Å². The molecule has 8 heteroatoms. The molecule has 7 nitrogen and oxygen atoms in total. The van der Waals surface area contributed by atoms with Crippen molar-refractivity contribution in [3.63, 3.8) is 0 Å². The van der Waals surface area contributed by atoms with E-state index in [0.29, 0.717) is 21.3 Å². The molecule has 0 fully saturated rings. The summed E-state index contributed by atoms with van der Waals surface area (Å²) in [7, 11) is 1.42. The van der Waals surface area contributed by atoms with E-state index in [4.69, 9.17) is 9.47 Å². The van der Waals surface area contributed by atoms with Crippen LogP contribution in [0.3, 0.4) is 0 Å². The summed E-state index contributed by atoms with van der Waals surface area (Å²) in [6.07, 6.45) is 0. The number of halogens is 1. The van der Waals surface area contributed by atoms with Gasteiger partial charge in [-0.3, -0.25) is 0 Å². The number of benzene rings is 2. The number of hydrogen-bond acceptors (Lipinski definition) is 5. The molecule has 1 aliphatic heterocycles. The molecule has 0 aliphatic carbocycles. The summed E-state index contributed by atoms with van der Waals surface area (Å²) in [5.74, 6) is -0.417. The number of urea groups is 1. The standard InChI is InChI=1S/C20H19BrN2O5/c1-3-28-19(25)15-16(11-7-5-4-6-8-11)22-20(26)23-17(15)12-9-13(21)18(24)14(10-12)27-2/h4-10,17,24H,3H2,1-2H3,(H2,22,23,26). The van der Waals surface area contributed by atoms with Gasteiger partial charge in [0.1, 0.15) is 0 Å². The van der Waals surface area contributed by atoms with Crippen LogP contribution in [0.15, 0.2) is 52.5 Å². The van der Waals surface area contributed by atoms with Crippen molar-refractivity contribution in [2.24, 2.45) is 0 Å². The highest BCUT2D eigenvalue weighted by Crippen LogP contribution is 2.40. The van der Waals surface area contributed by atoms with Gasteiger partial charge in [-0.05, 0) is 46.1 Å². The largest absolute Gasteiger partial charge is 0.503 e. The van der Waals surface area contributed by atoms with Gasteiger partial charge in [-0.25, -0.2) is 9.59 Å². The average molecular weight is 447 g/mol. The number of methoxy groups -OCH3 is 1. The zero-order chi connectivity index (χ0) is 20.3. The zero-order valence-electron chi connectivity index (χ0n) is 15.3. The van der Waals surface area contributed by atoms with Crippen LogP contribution in [0.4, 0.5) is 4.79 Å². The molecule has 0 bridgehead atoms. The summed E-state index contributed by atoms with van der Waals surface area (Å²) < 4.78 is 10.8. The summed E-state index contributed by atoms with van der Waals surface area (Å²) in [6, 6.07) is 11.0. The van der Waals surface area contributed by atoms with Crippen molar-refractivity contribution in [3.05, 3.63) is 63.6 Å². The molecule has 1 atom stereocenters. The molecule has 0 spiro atoms. The molecule has 28 heavy (non-hydrogen) atoms. The highest BCUT2D eigenvalue weighted by Gasteiger charge is 2.35. The molecule has 1 aliphatic rings. The smallest absolute Gasteiger partial charge is 0.338 e. The van der Waals surface area contributed by atoms with Crippen LogP contribution < -0.4 is 15.4 Å². The minimum Gasteiger partial charge on any atom is -0.503 e. The molecule has 1 heterocycles. The third kappa shape index (κ3) is 3.82. The lowest BCUT2D eigenvalue weighted by Gasteiger charge is -2.30. The van der Waals surface area contributed by atoms with E-state index < -0.39 is 18.0 Å². The number of phenols is 1. The van der Waals surface area contributed by atoms with Crippen LogP contribution in [-0.4, -0.2) is 30.8 Å². The van der Waals surface area contributed by atoms with Crippen LogP contribution in [0.1, 0.15) is 24.1 Å². The van der Waals surface area contributed by atoms with E-state index in [0.717, 1.165) is 0 Å². The Morgan fingerprint density at radius 1 is 1.25 bits per heavy atom. The zero-order valence-corrected chi connectivity index (χ0v) is 16.9. The lowest BCUT2D eigenvalue weighted by atomic mass is 9.92. The molecule has 3 N–H and O–H groups in total. The highest BCUT2D eigenvalue weighted by atomic mass is 79.9. The lowest BCUT2D eigenvalue weighted by Crippen LogP contribution is -2.45. The maximum Gasteiger partial charge on any atom is 0.338 e. The lowest BCUT2D eigenvalue weighted by molar-refractivity contribution is -0.138. The van der Waals surface area contributed by atoms with Crippen LogP contribution in [0.5, 0.6) is 11.5 Å². The molecule has 3 rings (SSSR count). The normalized spacial score (nSPS) is 16.2. The van der Waals surface area contributed by atoms with Crippen molar-refractivity contribution in [2.75, 3.05) is 13.7 Å². The monoisotopic (exact) mass is 446 g/mol. The van der Waals surface area contributed by atoms with Gasteiger partial charge in [-0.1, -0.05) is 30.3 Å². The molecule has 2 aromatic rings. The topological polar surface area (TPSA) is 96.9 Å². The van der Waals surface area contributed by atoms with Gasteiger partial charge in [-0.2, -0.15) is 0 Å². The second-order valence-electron chi connectivity index (χ2n) is 5.96. The number of rotatable bonds is 5. The summed E-state index contributed by atoms with van der Waals surface area (Å²) in [5, 5.41) is 15.6. The highest BCUT2D eigenvalue weighted by molar-refractivity contribution is 9.10. The molecule has 2 aromatic carbocycles. The van der Waals surface area contributed by atoms with Crippen molar-refractivity contribution in [3.8, 4) is 11.5 Å². The predicted molar refractivity (Wildman–Crippen MR) is 107 cm³/mol. The van der Waals surface area contributed by atoms with Gasteiger partial charge in [0.05, 0.1) is 35.5 Å². The van der Waals surface area contributed by atoms with E-state index in [-0.39, 0.29) is 23.7 Å². The van der Waals surface area contributed by atoms with Gasteiger partial charge in [-0.15, -0.1) is 0 Å². The number of esters is 1. The minimum atomic E-state index is -0.797. The third-order valence-corrected chi connectivity index (χ3v) is 4.84. The Balaban J connectivity index is 2.22. The molecule has 0 saturated carbocycles. The van der Waals surface area contributed by atoms with Crippen LogP contribution >= 0.6 is 15.9 Å². The Labute approximate surface area is 170 Å². The average Bonchev–Trinajstić information content (AvgIpc) is 2.70. The number of phenolic OH excluding ortho intramolecular Hbond substituents is 1. The van der Waals surface area contributed by atoms with E-state index in [1.165, 1.54) is 7.11 Å². The third-order valence-electron chi connectivity index (χ3n) is 4.23.